The average Bonchev–Trinajstić information content (AvgIpc) is 3.66. The van der Waals surface area contributed by atoms with E-state index in [1.807, 2.05) is 4.90 Å². The lowest BCUT2D eigenvalue weighted by Crippen LogP contribution is -2.46. The van der Waals surface area contributed by atoms with Crippen molar-refractivity contribution in [3.8, 4) is 34.9 Å². The lowest BCUT2D eigenvalue weighted by Gasteiger charge is -2.38. The number of amides is 1. The third-order valence-corrected chi connectivity index (χ3v) is 12.7. The number of nitrogens with one attached hydrogen (secondary N) is 1. The first-order chi connectivity index (χ1) is 28.6. The number of hydrogen-bond donors (Lipinski definition) is 1. The fraction of sp³-hybridized carbons (Fsp3) is 0.293. The number of rotatable bonds is 10. The summed E-state index contributed by atoms with van der Waals surface area (Å²) < 4.78 is 62.3. The number of likely N-dealkylation sites (tertiary alicyclic amines) is 1. The summed E-state index contributed by atoms with van der Waals surface area (Å²) in [6, 6.07) is 11.6. The van der Waals surface area contributed by atoms with Crippen LogP contribution >= 0.6 is 22.9 Å². The summed E-state index contributed by atoms with van der Waals surface area (Å²) in [5.74, 6) is 3.41. The first kappa shape index (κ1) is 42.1. The Morgan fingerprint density at radius 1 is 1.13 bits per heavy atom. The molecule has 1 N–H and O–H groups in total. The number of aryl methyl sites for hydroxylation is 1. The molecule has 308 valence electrons. The minimum atomic E-state index is -4.27. The Morgan fingerprint density at radius 2 is 1.90 bits per heavy atom. The van der Waals surface area contributed by atoms with Gasteiger partial charge < -0.3 is 9.64 Å². The van der Waals surface area contributed by atoms with Crippen LogP contribution in [0.4, 0.5) is 14.6 Å². The quantitative estimate of drug-likeness (QED) is 0.159. The summed E-state index contributed by atoms with van der Waals surface area (Å²) in [4.78, 5) is 48.2. The average molecular weight is 872 g/mol. The molecule has 0 bridgehead atoms. The monoisotopic (exact) mass is 871 g/mol. The maximum Gasteiger partial charge on any atom is 0.268 e. The zero-order chi connectivity index (χ0) is 42.9. The number of pyridine rings is 3. The molecule has 60 heavy (non-hydrogen) atoms. The van der Waals surface area contributed by atoms with Crippen LogP contribution in [0.15, 0.2) is 70.1 Å². The fourth-order valence-electron chi connectivity index (χ4n) is 7.15. The SMILES string of the molecule is COc1ccc(S(=O)(=O)NC(=O)c2csc3c(-c4cc(Cl)ccc4C#CCn4c(C)nc5cnc(N(C)C6CCN(CC(C)(F)F)CC6)c(C#N)c5c4=O)ccnc23)cn1. The highest BCUT2D eigenvalue weighted by atomic mass is 35.5. The number of benzene rings is 1. The highest BCUT2D eigenvalue weighted by Crippen LogP contribution is 2.37. The van der Waals surface area contributed by atoms with E-state index in [1.54, 1.807) is 43.1 Å². The molecule has 0 radical (unpaired) electrons. The molecule has 0 saturated carbocycles. The second-order valence-electron chi connectivity index (χ2n) is 14.2. The fourth-order valence-corrected chi connectivity index (χ4v) is 9.27. The van der Waals surface area contributed by atoms with Crippen molar-refractivity contribution in [1.82, 2.24) is 34.1 Å². The van der Waals surface area contributed by atoms with Crippen molar-refractivity contribution in [1.29, 1.82) is 5.26 Å². The van der Waals surface area contributed by atoms with Gasteiger partial charge in [-0.1, -0.05) is 23.4 Å². The topological polar surface area (TPSA) is 176 Å². The van der Waals surface area contributed by atoms with Gasteiger partial charge in [-0.25, -0.2) is 36.9 Å². The lowest BCUT2D eigenvalue weighted by atomic mass is 10.00. The number of alkyl halides is 2. The van der Waals surface area contributed by atoms with Crippen LogP contribution in [-0.2, 0) is 16.6 Å². The van der Waals surface area contributed by atoms with Crippen LogP contribution in [0.2, 0.25) is 5.02 Å². The van der Waals surface area contributed by atoms with Crippen molar-refractivity contribution in [2.24, 2.45) is 0 Å². The summed E-state index contributed by atoms with van der Waals surface area (Å²) in [6.45, 7) is 3.09. The minimum absolute atomic E-state index is 0.0428. The van der Waals surface area contributed by atoms with Crippen molar-refractivity contribution < 1.29 is 26.7 Å². The summed E-state index contributed by atoms with van der Waals surface area (Å²) in [6.07, 6.45) is 5.20. The van der Waals surface area contributed by atoms with Crippen LogP contribution in [0.5, 0.6) is 5.88 Å². The number of thiophene rings is 1. The lowest BCUT2D eigenvalue weighted by molar-refractivity contribution is -0.0198. The van der Waals surface area contributed by atoms with Crippen molar-refractivity contribution >= 4 is 65.8 Å². The van der Waals surface area contributed by atoms with E-state index in [-0.39, 0.29) is 57.5 Å². The van der Waals surface area contributed by atoms with Crippen molar-refractivity contribution in [3.63, 3.8) is 0 Å². The number of aromatic nitrogens is 5. The van der Waals surface area contributed by atoms with Crippen LogP contribution in [0, 0.1) is 30.1 Å². The Labute approximate surface area is 352 Å². The number of piperidine rings is 1. The molecule has 19 heteroatoms. The predicted molar refractivity (Wildman–Crippen MR) is 224 cm³/mol. The van der Waals surface area contributed by atoms with Crippen LogP contribution in [-0.4, -0.2) is 89.5 Å². The number of fused-ring (bicyclic) bond motifs is 2. The van der Waals surface area contributed by atoms with E-state index >= 15 is 0 Å². The van der Waals surface area contributed by atoms with Gasteiger partial charge in [-0.3, -0.25) is 24.0 Å². The molecule has 1 saturated heterocycles. The van der Waals surface area contributed by atoms with E-state index in [9.17, 15) is 32.0 Å². The second-order valence-corrected chi connectivity index (χ2v) is 17.2. The van der Waals surface area contributed by atoms with Gasteiger partial charge in [0.25, 0.3) is 27.4 Å². The smallest absolute Gasteiger partial charge is 0.268 e. The van der Waals surface area contributed by atoms with Gasteiger partial charge in [-0.15, -0.1) is 11.3 Å². The second kappa shape index (κ2) is 16.9. The number of anilines is 1. The summed E-state index contributed by atoms with van der Waals surface area (Å²) in [7, 11) is -1.09. The number of nitriles is 1. The molecule has 1 aromatic carbocycles. The molecular weight excluding hydrogens is 836 g/mol. The highest BCUT2D eigenvalue weighted by molar-refractivity contribution is 7.90. The van der Waals surface area contributed by atoms with E-state index in [4.69, 9.17) is 16.3 Å². The molecule has 6 heterocycles. The zero-order valence-electron chi connectivity index (χ0n) is 32.7. The molecule has 0 aliphatic carbocycles. The third-order valence-electron chi connectivity index (χ3n) is 10.1. The first-order valence-electron chi connectivity index (χ1n) is 18.4. The largest absolute Gasteiger partial charge is 0.481 e. The predicted octanol–water partition coefficient (Wildman–Crippen LogP) is 6.03. The van der Waals surface area contributed by atoms with E-state index in [0.717, 1.165) is 13.1 Å². The first-order valence-corrected chi connectivity index (χ1v) is 21.2. The summed E-state index contributed by atoms with van der Waals surface area (Å²) in [5, 5.41) is 12.4. The molecule has 6 aromatic rings. The molecule has 1 fully saturated rings. The van der Waals surface area contributed by atoms with E-state index in [2.05, 4.69) is 42.6 Å². The maximum absolute atomic E-state index is 14.1. The van der Waals surface area contributed by atoms with Gasteiger partial charge in [0.15, 0.2) is 0 Å². The number of sulfonamides is 1. The molecule has 0 atom stereocenters. The van der Waals surface area contributed by atoms with E-state index in [1.165, 1.54) is 52.9 Å². The number of methoxy groups -OCH3 is 1. The van der Waals surface area contributed by atoms with Crippen LogP contribution in [0.3, 0.4) is 0 Å². The standard InChI is InChI=1S/C41H36ClF2N9O5S2/c1-24-49-33-21-48-38(51(3)27-12-16-52(17-13-27)23-41(2,43)44)31(19-45)35(33)40(55)53(24)15-5-6-25-7-8-26(42)18-30(25)29-11-14-46-36-32(22-59-37(29)36)39(54)50-60(56,57)28-9-10-34(58-4)47-20-28/h7-11,14,18,20-22,27H,12-13,15-17,23H2,1-4H3,(H,50,54). The molecule has 1 aliphatic heterocycles. The van der Waals surface area contributed by atoms with Crippen LogP contribution < -0.4 is 19.9 Å². The van der Waals surface area contributed by atoms with Gasteiger partial charge in [0.05, 0.1) is 59.3 Å². The number of ether oxygens (including phenoxy) is 1. The molecule has 5 aromatic heterocycles. The molecule has 14 nitrogen and oxygen atoms in total. The van der Waals surface area contributed by atoms with E-state index in [0.29, 0.717) is 64.0 Å². The Kier molecular flexibility index (Phi) is 11.9. The molecule has 7 rings (SSSR count). The molecule has 0 spiro atoms. The Bertz CT molecular complexity index is 2930. The zero-order valence-corrected chi connectivity index (χ0v) is 35.1. The van der Waals surface area contributed by atoms with Gasteiger partial charge in [0, 0.05) is 72.5 Å². The van der Waals surface area contributed by atoms with Crippen LogP contribution in [0.25, 0.3) is 32.2 Å². The Balaban J connectivity index is 1.16. The number of carbonyl (C=O) groups excluding carboxylic acids is 1. The van der Waals surface area contributed by atoms with Crippen molar-refractivity contribution in [3.05, 3.63) is 98.3 Å². The summed E-state index contributed by atoms with van der Waals surface area (Å²) >= 11 is 7.66. The van der Waals surface area contributed by atoms with Gasteiger partial charge in [-0.05, 0) is 50.1 Å². The molecular formula is C41H36ClF2N9O5S2. The Morgan fingerprint density at radius 3 is 2.58 bits per heavy atom. The third kappa shape index (κ3) is 8.64. The number of nitrogens with zero attached hydrogens (tertiary/aromatic N) is 8. The number of hydrogen-bond acceptors (Lipinski definition) is 13. The van der Waals surface area contributed by atoms with Gasteiger partial charge in [-0.2, -0.15) is 5.26 Å². The molecule has 0 unspecified atom stereocenters. The Hall–Kier alpha value is -6.05. The number of halogens is 3. The summed E-state index contributed by atoms with van der Waals surface area (Å²) in [5.41, 5.74) is 1.95. The van der Waals surface area contributed by atoms with E-state index < -0.39 is 27.4 Å². The van der Waals surface area contributed by atoms with Crippen LogP contribution in [0.1, 0.15) is 47.1 Å². The van der Waals surface area contributed by atoms with Gasteiger partial charge in [0.2, 0.25) is 5.88 Å². The van der Waals surface area contributed by atoms with Crippen molar-refractivity contribution in [2.45, 2.75) is 50.1 Å². The minimum Gasteiger partial charge on any atom is -0.481 e. The highest BCUT2D eigenvalue weighted by Gasteiger charge is 2.31. The number of carbonyl (C=O) groups is 1. The van der Waals surface area contributed by atoms with Crippen molar-refractivity contribution in [2.75, 3.05) is 38.7 Å². The maximum atomic E-state index is 14.1. The van der Waals surface area contributed by atoms with Gasteiger partial charge >= 0.3 is 0 Å². The normalized spacial score (nSPS) is 13.8. The molecule has 1 aliphatic rings. The molecule has 1 amide bonds. The van der Waals surface area contributed by atoms with Gasteiger partial charge in [0.1, 0.15) is 28.2 Å².